The zero-order valence-corrected chi connectivity index (χ0v) is 18.4. The summed E-state index contributed by atoms with van der Waals surface area (Å²) in [6, 6.07) is 11.8. The third kappa shape index (κ3) is 5.84. The van der Waals surface area contributed by atoms with Gasteiger partial charge in [-0.15, -0.1) is 11.8 Å². The van der Waals surface area contributed by atoms with Crippen LogP contribution in [0.3, 0.4) is 0 Å². The van der Waals surface area contributed by atoms with E-state index in [-0.39, 0.29) is 5.25 Å². The molecule has 1 unspecified atom stereocenters. The van der Waals surface area contributed by atoms with Crippen molar-refractivity contribution in [1.82, 2.24) is 9.55 Å². The number of nitrogens with zero attached hydrogens (tertiary/aromatic N) is 2. The lowest BCUT2D eigenvalue weighted by Gasteiger charge is -2.21. The van der Waals surface area contributed by atoms with E-state index < -0.39 is 0 Å². The first kappa shape index (κ1) is 21.4. The molecule has 0 radical (unpaired) electrons. The Kier molecular flexibility index (Phi) is 7.72. The monoisotopic (exact) mass is 432 g/mol. The Morgan fingerprint density at radius 1 is 1.03 bits per heavy atom. The van der Waals surface area contributed by atoms with Crippen LogP contribution in [0.15, 0.2) is 60.0 Å². The molecule has 1 aromatic heterocycles. The quantitative estimate of drug-likeness (QED) is 0.404. The smallest absolute Gasteiger partial charge is 0.139 e. The minimum atomic E-state index is 0.288. The van der Waals surface area contributed by atoms with Crippen molar-refractivity contribution < 1.29 is 14.2 Å². The van der Waals surface area contributed by atoms with Crippen LogP contribution in [0.1, 0.15) is 12.0 Å². The summed E-state index contributed by atoms with van der Waals surface area (Å²) in [4.78, 5) is 5.14. The second kappa shape index (κ2) is 10.5. The fourth-order valence-corrected chi connectivity index (χ4v) is 4.51. The Bertz CT molecular complexity index is 876. The second-order valence-corrected chi connectivity index (χ2v) is 8.27. The predicted molar refractivity (Wildman–Crippen MR) is 118 cm³/mol. The number of hydrogen-bond acceptors (Lipinski definition) is 5. The molecule has 7 heteroatoms. The van der Waals surface area contributed by atoms with Gasteiger partial charge in [-0.1, -0.05) is 23.7 Å². The van der Waals surface area contributed by atoms with Crippen molar-refractivity contribution in [1.29, 1.82) is 0 Å². The molecule has 0 amide bonds. The summed E-state index contributed by atoms with van der Waals surface area (Å²) in [6.45, 7) is 0.830. The zero-order chi connectivity index (χ0) is 20.6. The maximum Gasteiger partial charge on any atom is 0.139 e. The van der Waals surface area contributed by atoms with E-state index in [0.717, 1.165) is 40.8 Å². The highest BCUT2D eigenvalue weighted by Gasteiger charge is 2.20. The molecular formula is C22H25ClN2O3S. The normalized spacial score (nSPS) is 11.9. The summed E-state index contributed by atoms with van der Waals surface area (Å²) < 4.78 is 18.7. The summed E-state index contributed by atoms with van der Waals surface area (Å²) in [5, 5.41) is 1.04. The van der Waals surface area contributed by atoms with Crippen LogP contribution in [0.2, 0.25) is 5.02 Å². The molecule has 0 aliphatic carbocycles. The van der Waals surface area contributed by atoms with Crippen molar-refractivity contribution in [3.8, 4) is 17.2 Å². The summed E-state index contributed by atoms with van der Waals surface area (Å²) >= 11 is 7.77. The molecule has 0 saturated carbocycles. The molecule has 29 heavy (non-hydrogen) atoms. The van der Waals surface area contributed by atoms with Gasteiger partial charge < -0.3 is 18.8 Å². The van der Waals surface area contributed by atoms with Gasteiger partial charge in [0.15, 0.2) is 0 Å². The molecule has 0 saturated heterocycles. The lowest BCUT2D eigenvalue weighted by Crippen LogP contribution is -2.13. The molecule has 3 aromatic rings. The topological polar surface area (TPSA) is 45.5 Å². The van der Waals surface area contributed by atoms with E-state index in [0.29, 0.717) is 5.75 Å². The van der Waals surface area contributed by atoms with Gasteiger partial charge in [0.2, 0.25) is 0 Å². The van der Waals surface area contributed by atoms with Crippen LogP contribution in [0.5, 0.6) is 17.2 Å². The summed E-state index contributed by atoms with van der Waals surface area (Å²) in [7, 11) is 4.96. The van der Waals surface area contributed by atoms with Crippen LogP contribution >= 0.6 is 23.4 Å². The number of aryl methyl sites for hydroxylation is 1. The van der Waals surface area contributed by atoms with E-state index in [2.05, 4.69) is 21.7 Å². The number of aromatic nitrogens is 2. The zero-order valence-electron chi connectivity index (χ0n) is 16.8. The molecule has 0 fully saturated rings. The van der Waals surface area contributed by atoms with Crippen molar-refractivity contribution in [2.75, 3.05) is 21.3 Å². The van der Waals surface area contributed by atoms with Crippen molar-refractivity contribution in [2.24, 2.45) is 0 Å². The van der Waals surface area contributed by atoms with Gasteiger partial charge in [0, 0.05) is 41.3 Å². The highest BCUT2D eigenvalue weighted by atomic mass is 35.5. The molecule has 5 nitrogen and oxygen atoms in total. The summed E-state index contributed by atoms with van der Waals surface area (Å²) in [6.07, 6.45) is 7.55. The number of thioether (sulfide) groups is 1. The molecule has 2 aromatic carbocycles. The van der Waals surface area contributed by atoms with Gasteiger partial charge >= 0.3 is 0 Å². The number of rotatable bonds is 10. The Morgan fingerprint density at radius 2 is 1.72 bits per heavy atom. The van der Waals surface area contributed by atoms with Crippen LogP contribution in [0.4, 0.5) is 0 Å². The lowest BCUT2D eigenvalue weighted by molar-refractivity contribution is 0.361. The first-order chi connectivity index (χ1) is 14.1. The highest BCUT2D eigenvalue weighted by Crippen LogP contribution is 2.44. The van der Waals surface area contributed by atoms with Gasteiger partial charge in [-0.3, -0.25) is 0 Å². The number of hydrogen-bond donors (Lipinski definition) is 0. The second-order valence-electron chi connectivity index (χ2n) is 6.53. The van der Waals surface area contributed by atoms with Crippen LogP contribution in [-0.4, -0.2) is 36.1 Å². The van der Waals surface area contributed by atoms with Crippen molar-refractivity contribution in [2.45, 2.75) is 29.5 Å². The van der Waals surface area contributed by atoms with Crippen molar-refractivity contribution in [3.05, 3.63) is 65.7 Å². The van der Waals surface area contributed by atoms with Crippen LogP contribution < -0.4 is 14.2 Å². The minimum Gasteiger partial charge on any atom is -0.496 e. The molecular weight excluding hydrogens is 408 g/mol. The lowest BCUT2D eigenvalue weighted by atomic mass is 10.1. The number of methoxy groups -OCH3 is 3. The van der Waals surface area contributed by atoms with Crippen LogP contribution in [0, 0.1) is 0 Å². The van der Waals surface area contributed by atoms with Gasteiger partial charge in [-0.05, 0) is 30.5 Å². The molecule has 1 atom stereocenters. The first-order valence-corrected chi connectivity index (χ1v) is 10.6. The van der Waals surface area contributed by atoms with Crippen LogP contribution in [-0.2, 0) is 13.0 Å². The van der Waals surface area contributed by atoms with Gasteiger partial charge in [0.25, 0.3) is 0 Å². The fraction of sp³-hybridized carbons (Fsp3) is 0.318. The van der Waals surface area contributed by atoms with Gasteiger partial charge in [-0.2, -0.15) is 0 Å². The summed E-state index contributed by atoms with van der Waals surface area (Å²) in [5.74, 6) is 2.19. The number of benzene rings is 2. The van der Waals surface area contributed by atoms with Crippen molar-refractivity contribution in [3.63, 3.8) is 0 Å². The molecule has 1 heterocycles. The first-order valence-electron chi connectivity index (χ1n) is 9.29. The summed E-state index contributed by atoms with van der Waals surface area (Å²) in [5.41, 5.74) is 1.26. The third-order valence-electron chi connectivity index (χ3n) is 4.60. The number of imidazole rings is 1. The maximum absolute atomic E-state index is 6.02. The number of halogens is 1. The molecule has 0 spiro atoms. The fourth-order valence-electron chi connectivity index (χ4n) is 3.05. The standard InChI is InChI=1S/C22H25ClN2O3S/c1-26-18-12-20(27-2)22(21(13-18)28-3)29-19(14-25-11-10-24-15-25)9-6-16-4-7-17(23)8-5-16/h4-5,7-8,10-13,15,19H,6,9,14H2,1-3H3. The van der Waals surface area contributed by atoms with Crippen molar-refractivity contribution >= 4 is 23.4 Å². The van der Waals surface area contributed by atoms with Gasteiger partial charge in [0.1, 0.15) is 17.2 Å². The molecule has 154 valence electrons. The third-order valence-corrected chi connectivity index (χ3v) is 6.20. The van der Waals surface area contributed by atoms with E-state index in [1.165, 1.54) is 5.56 Å². The van der Waals surface area contributed by atoms with E-state index >= 15 is 0 Å². The predicted octanol–water partition coefficient (Wildman–Crippen LogP) is 5.36. The Morgan fingerprint density at radius 3 is 2.28 bits per heavy atom. The van der Waals surface area contributed by atoms with E-state index in [4.69, 9.17) is 25.8 Å². The Hall–Kier alpha value is -2.31. The molecule has 0 aliphatic heterocycles. The largest absolute Gasteiger partial charge is 0.496 e. The maximum atomic E-state index is 6.02. The Labute approximate surface area is 181 Å². The van der Waals surface area contributed by atoms with E-state index in [1.807, 2.05) is 36.8 Å². The van der Waals surface area contributed by atoms with Crippen LogP contribution in [0.25, 0.3) is 0 Å². The minimum absolute atomic E-state index is 0.288. The number of ether oxygens (including phenoxy) is 3. The molecule has 0 bridgehead atoms. The molecule has 0 N–H and O–H groups in total. The van der Waals surface area contributed by atoms with E-state index in [9.17, 15) is 0 Å². The average molecular weight is 433 g/mol. The molecule has 0 aliphatic rings. The van der Waals surface area contributed by atoms with Gasteiger partial charge in [-0.25, -0.2) is 4.98 Å². The Balaban J connectivity index is 1.83. The van der Waals surface area contributed by atoms with Gasteiger partial charge in [0.05, 0.1) is 32.6 Å². The SMILES string of the molecule is COc1cc(OC)c(SC(CCc2ccc(Cl)cc2)Cn2ccnc2)c(OC)c1. The van der Waals surface area contributed by atoms with E-state index in [1.54, 1.807) is 39.3 Å². The highest BCUT2D eigenvalue weighted by molar-refractivity contribution is 8.00. The average Bonchev–Trinajstić information content (AvgIpc) is 3.26. The molecule has 3 rings (SSSR count).